The van der Waals surface area contributed by atoms with Crippen LogP contribution in [0.4, 0.5) is 5.69 Å². The lowest BCUT2D eigenvalue weighted by atomic mass is 10.1. The Labute approximate surface area is 172 Å². The number of hydrogen-bond acceptors (Lipinski definition) is 5. The van der Waals surface area contributed by atoms with Gasteiger partial charge < -0.3 is 14.6 Å². The smallest absolute Gasteiger partial charge is 0.262 e. The van der Waals surface area contributed by atoms with E-state index in [0.29, 0.717) is 38.8 Å². The molecule has 3 aromatic rings. The molecule has 0 saturated heterocycles. The number of benzene rings is 2. The summed E-state index contributed by atoms with van der Waals surface area (Å²) in [6.07, 6.45) is 0. The van der Waals surface area contributed by atoms with Crippen molar-refractivity contribution in [2.24, 2.45) is 0 Å². The third-order valence-electron chi connectivity index (χ3n) is 3.98. The predicted octanol–water partition coefficient (Wildman–Crippen LogP) is 5.49. The Morgan fingerprint density at radius 3 is 2.75 bits per heavy atom. The Kier molecular flexibility index (Phi) is 6.21. The van der Waals surface area contributed by atoms with Crippen molar-refractivity contribution in [3.63, 3.8) is 0 Å². The summed E-state index contributed by atoms with van der Waals surface area (Å²) in [7, 11) is 0. The van der Waals surface area contributed by atoms with Gasteiger partial charge in [0.05, 0.1) is 16.3 Å². The highest BCUT2D eigenvalue weighted by Crippen LogP contribution is 2.31. The second-order valence-corrected chi connectivity index (χ2v) is 7.37. The van der Waals surface area contributed by atoms with E-state index in [-0.39, 0.29) is 18.4 Å². The van der Waals surface area contributed by atoms with Crippen molar-refractivity contribution in [3.8, 4) is 17.2 Å². The number of anilines is 1. The Hall–Kier alpha value is -2.57. The Bertz CT molecular complexity index is 1000. The average molecular weight is 420 g/mol. The van der Waals surface area contributed by atoms with Crippen molar-refractivity contribution in [1.29, 1.82) is 0 Å². The minimum atomic E-state index is -0.352. The summed E-state index contributed by atoms with van der Waals surface area (Å²) < 4.78 is 10.9. The molecule has 0 spiro atoms. The van der Waals surface area contributed by atoms with Gasteiger partial charge in [0.2, 0.25) is 0 Å². The minimum absolute atomic E-state index is 0.135. The van der Waals surface area contributed by atoms with Crippen LogP contribution in [0.3, 0.4) is 0 Å². The topological polar surface area (TPSA) is 77.3 Å². The second kappa shape index (κ2) is 8.63. The van der Waals surface area contributed by atoms with Crippen molar-refractivity contribution < 1.29 is 14.1 Å². The number of nitrogens with zero attached hydrogens (tertiary/aromatic N) is 2. The highest BCUT2D eigenvalue weighted by molar-refractivity contribution is 6.34. The molecule has 1 heterocycles. The van der Waals surface area contributed by atoms with Crippen LogP contribution in [0.1, 0.15) is 31.2 Å². The van der Waals surface area contributed by atoms with Gasteiger partial charge in [-0.25, -0.2) is 0 Å². The van der Waals surface area contributed by atoms with Gasteiger partial charge in [-0.15, -0.1) is 0 Å². The molecule has 1 aromatic heterocycles. The fraction of sp³-hybridized carbons (Fsp3) is 0.250. The van der Waals surface area contributed by atoms with Crippen molar-refractivity contribution in [1.82, 2.24) is 10.1 Å². The summed E-state index contributed by atoms with van der Waals surface area (Å²) in [5.41, 5.74) is 2.09. The molecule has 0 aliphatic rings. The van der Waals surface area contributed by atoms with Crippen LogP contribution >= 0.6 is 23.2 Å². The van der Waals surface area contributed by atoms with E-state index in [4.69, 9.17) is 32.5 Å². The normalized spacial score (nSPS) is 10.9. The van der Waals surface area contributed by atoms with Crippen LogP contribution in [0.5, 0.6) is 5.75 Å². The number of nitrogens with one attached hydrogen (secondary N) is 1. The molecule has 0 unspecified atom stereocenters. The van der Waals surface area contributed by atoms with Gasteiger partial charge in [-0.1, -0.05) is 54.3 Å². The van der Waals surface area contributed by atoms with Gasteiger partial charge in [0.1, 0.15) is 5.75 Å². The maximum atomic E-state index is 12.5. The van der Waals surface area contributed by atoms with Gasteiger partial charge in [0, 0.05) is 17.0 Å². The first-order chi connectivity index (χ1) is 13.3. The van der Waals surface area contributed by atoms with Crippen molar-refractivity contribution in [3.05, 3.63) is 57.8 Å². The van der Waals surface area contributed by atoms with E-state index < -0.39 is 0 Å². The molecule has 0 fully saturated rings. The molecule has 3 rings (SSSR count). The summed E-state index contributed by atoms with van der Waals surface area (Å²) >= 11 is 12.0. The molecular formula is C20H19Cl2N3O3. The number of carbonyl (C=O) groups excluding carboxylic acids is 1. The molecule has 0 atom stereocenters. The van der Waals surface area contributed by atoms with Gasteiger partial charge in [-0.2, -0.15) is 4.98 Å². The zero-order valence-electron chi connectivity index (χ0n) is 15.6. The third kappa shape index (κ3) is 4.64. The van der Waals surface area contributed by atoms with Crippen LogP contribution < -0.4 is 10.1 Å². The quantitative estimate of drug-likeness (QED) is 0.571. The first kappa shape index (κ1) is 20.2. The summed E-state index contributed by atoms with van der Waals surface area (Å²) in [5, 5.41) is 7.68. The zero-order chi connectivity index (χ0) is 20.3. The number of carbonyl (C=O) groups is 1. The fourth-order valence-corrected chi connectivity index (χ4v) is 2.83. The standard InChI is InChI=1S/C20H19Cl2N3O3/c1-11(2)19-24-20(28-25-19)14-6-4-5-12(3)18(14)23-17(26)10-27-16-9-13(21)7-8-15(16)22/h4-9,11H,10H2,1-3H3,(H,23,26). The van der Waals surface area contributed by atoms with E-state index in [2.05, 4.69) is 15.5 Å². The SMILES string of the molecule is Cc1cccc(-c2nc(C(C)C)no2)c1NC(=O)COc1cc(Cl)ccc1Cl. The number of rotatable bonds is 6. The molecule has 0 radical (unpaired) electrons. The monoisotopic (exact) mass is 419 g/mol. The van der Waals surface area contributed by atoms with Gasteiger partial charge in [-0.05, 0) is 30.7 Å². The van der Waals surface area contributed by atoms with Crippen molar-refractivity contribution in [2.45, 2.75) is 26.7 Å². The number of aryl methyl sites for hydroxylation is 1. The Morgan fingerprint density at radius 1 is 1.25 bits per heavy atom. The number of hydrogen-bond donors (Lipinski definition) is 1. The second-order valence-electron chi connectivity index (χ2n) is 6.52. The first-order valence-electron chi connectivity index (χ1n) is 8.66. The van der Waals surface area contributed by atoms with Crippen molar-refractivity contribution >= 4 is 34.8 Å². The molecule has 1 amide bonds. The number of amides is 1. The van der Waals surface area contributed by atoms with E-state index in [9.17, 15) is 4.79 Å². The molecule has 0 saturated carbocycles. The summed E-state index contributed by atoms with van der Waals surface area (Å²) in [4.78, 5) is 16.9. The molecule has 8 heteroatoms. The summed E-state index contributed by atoms with van der Waals surface area (Å²) in [5.74, 6) is 1.08. The third-order valence-corrected chi connectivity index (χ3v) is 4.53. The van der Waals surface area contributed by atoms with E-state index in [1.54, 1.807) is 18.2 Å². The Balaban J connectivity index is 1.78. The minimum Gasteiger partial charge on any atom is -0.482 e. The molecule has 0 bridgehead atoms. The molecule has 1 N–H and O–H groups in total. The predicted molar refractivity (Wildman–Crippen MR) is 109 cm³/mol. The van der Waals surface area contributed by atoms with Crippen LogP contribution in [0.15, 0.2) is 40.9 Å². The molecule has 0 aliphatic heterocycles. The average Bonchev–Trinajstić information content (AvgIpc) is 3.14. The fourth-order valence-electron chi connectivity index (χ4n) is 2.50. The highest BCUT2D eigenvalue weighted by Gasteiger charge is 2.18. The lowest BCUT2D eigenvalue weighted by Gasteiger charge is -2.13. The van der Waals surface area contributed by atoms with Crippen LogP contribution in [0, 0.1) is 6.92 Å². The first-order valence-corrected chi connectivity index (χ1v) is 9.42. The van der Waals surface area contributed by atoms with Crippen LogP contribution in [-0.2, 0) is 4.79 Å². The van der Waals surface area contributed by atoms with E-state index >= 15 is 0 Å². The van der Waals surface area contributed by atoms with E-state index in [1.807, 2.05) is 39.0 Å². The maximum absolute atomic E-state index is 12.5. The lowest BCUT2D eigenvalue weighted by molar-refractivity contribution is -0.118. The van der Waals surface area contributed by atoms with E-state index in [1.165, 1.54) is 0 Å². The van der Waals surface area contributed by atoms with Crippen LogP contribution in [-0.4, -0.2) is 22.7 Å². The van der Waals surface area contributed by atoms with Crippen LogP contribution in [0.25, 0.3) is 11.5 Å². The van der Waals surface area contributed by atoms with Gasteiger partial charge >= 0.3 is 0 Å². The molecular weight excluding hydrogens is 401 g/mol. The maximum Gasteiger partial charge on any atom is 0.262 e. The summed E-state index contributed by atoms with van der Waals surface area (Å²) in [6, 6.07) is 10.4. The highest BCUT2D eigenvalue weighted by atomic mass is 35.5. The number of halogens is 2. The van der Waals surface area contributed by atoms with E-state index in [0.717, 1.165) is 5.56 Å². The molecule has 28 heavy (non-hydrogen) atoms. The Morgan fingerprint density at radius 2 is 2.04 bits per heavy atom. The number of para-hydroxylation sites is 1. The van der Waals surface area contributed by atoms with Gasteiger partial charge in [0.25, 0.3) is 11.8 Å². The number of ether oxygens (including phenoxy) is 1. The van der Waals surface area contributed by atoms with Crippen LogP contribution in [0.2, 0.25) is 10.0 Å². The van der Waals surface area contributed by atoms with Gasteiger partial charge in [0.15, 0.2) is 12.4 Å². The summed E-state index contributed by atoms with van der Waals surface area (Å²) in [6.45, 7) is 5.61. The van der Waals surface area contributed by atoms with Gasteiger partial charge in [-0.3, -0.25) is 4.79 Å². The largest absolute Gasteiger partial charge is 0.482 e. The molecule has 0 aliphatic carbocycles. The zero-order valence-corrected chi connectivity index (χ0v) is 17.1. The molecule has 146 valence electrons. The van der Waals surface area contributed by atoms with Crippen molar-refractivity contribution in [2.75, 3.05) is 11.9 Å². The molecule has 6 nitrogen and oxygen atoms in total. The molecule has 2 aromatic carbocycles. The number of aromatic nitrogens is 2. The lowest BCUT2D eigenvalue weighted by Crippen LogP contribution is -2.21.